The summed E-state index contributed by atoms with van der Waals surface area (Å²) < 4.78 is 10.1. The first-order valence-corrected chi connectivity index (χ1v) is 4.11. The third-order valence-electron chi connectivity index (χ3n) is 2.24. The smallest absolute Gasteiger partial charge is 0.137 e. The van der Waals surface area contributed by atoms with Crippen LogP contribution >= 0.6 is 0 Å². The maximum Gasteiger partial charge on any atom is 0.137 e. The summed E-state index contributed by atoms with van der Waals surface area (Å²) in [6.45, 7) is 1.11. The molecule has 0 radical (unpaired) electrons. The number of ether oxygens (including phenoxy) is 2. The molecule has 2 N–H and O–H groups in total. The standard InChI is InChI=1S/C9H12N2O2/c1-12-8-2-7(3-11-4-8)9(10)5-13-6-9/h2-4H,5-6,10H2,1H3. The second-order valence-electron chi connectivity index (χ2n) is 3.26. The van der Waals surface area contributed by atoms with Gasteiger partial charge in [0.1, 0.15) is 5.75 Å². The Bertz CT molecular complexity index is 310. The molecule has 0 bridgehead atoms. The third-order valence-corrected chi connectivity index (χ3v) is 2.24. The van der Waals surface area contributed by atoms with Gasteiger partial charge in [0.05, 0.1) is 32.1 Å². The summed E-state index contributed by atoms with van der Waals surface area (Å²) in [4.78, 5) is 4.04. The molecule has 1 saturated heterocycles. The van der Waals surface area contributed by atoms with Crippen molar-refractivity contribution in [3.8, 4) is 5.75 Å². The Labute approximate surface area is 76.7 Å². The Morgan fingerprint density at radius 2 is 2.31 bits per heavy atom. The van der Waals surface area contributed by atoms with Gasteiger partial charge in [-0.3, -0.25) is 4.98 Å². The molecule has 1 aromatic rings. The van der Waals surface area contributed by atoms with E-state index in [9.17, 15) is 0 Å². The van der Waals surface area contributed by atoms with E-state index in [4.69, 9.17) is 15.2 Å². The molecule has 0 unspecified atom stereocenters. The molecular weight excluding hydrogens is 168 g/mol. The van der Waals surface area contributed by atoms with Crippen LogP contribution in [0.15, 0.2) is 18.5 Å². The van der Waals surface area contributed by atoms with Gasteiger partial charge in [-0.1, -0.05) is 0 Å². The van der Waals surface area contributed by atoms with Gasteiger partial charge in [-0.05, 0) is 11.6 Å². The lowest BCUT2D eigenvalue weighted by molar-refractivity contribution is -0.0571. The number of hydrogen-bond donors (Lipinski definition) is 1. The zero-order valence-corrected chi connectivity index (χ0v) is 7.49. The maximum absolute atomic E-state index is 6.03. The summed E-state index contributed by atoms with van der Waals surface area (Å²) in [6.07, 6.45) is 3.41. The summed E-state index contributed by atoms with van der Waals surface area (Å²) in [5.41, 5.74) is 6.64. The van der Waals surface area contributed by atoms with E-state index in [1.807, 2.05) is 6.07 Å². The first kappa shape index (κ1) is 8.47. The van der Waals surface area contributed by atoms with Crippen molar-refractivity contribution in [1.82, 2.24) is 4.98 Å². The van der Waals surface area contributed by atoms with Crippen LogP contribution in [0.3, 0.4) is 0 Å². The fourth-order valence-corrected chi connectivity index (χ4v) is 1.29. The molecule has 4 heteroatoms. The normalized spacial score (nSPS) is 19.2. The topological polar surface area (TPSA) is 57.4 Å². The van der Waals surface area contributed by atoms with Crippen molar-refractivity contribution in [1.29, 1.82) is 0 Å². The molecule has 1 aliphatic rings. The number of pyridine rings is 1. The number of nitrogens with two attached hydrogens (primary N) is 1. The summed E-state index contributed by atoms with van der Waals surface area (Å²) in [7, 11) is 1.61. The Balaban J connectivity index is 2.29. The van der Waals surface area contributed by atoms with Crippen molar-refractivity contribution in [3.63, 3.8) is 0 Å². The molecule has 1 fully saturated rings. The molecule has 0 atom stereocenters. The van der Waals surface area contributed by atoms with Crippen LogP contribution in [0.5, 0.6) is 5.75 Å². The van der Waals surface area contributed by atoms with Crippen molar-refractivity contribution in [2.45, 2.75) is 5.54 Å². The van der Waals surface area contributed by atoms with Crippen LogP contribution in [0, 0.1) is 0 Å². The number of aromatic nitrogens is 1. The molecule has 1 aliphatic heterocycles. The highest BCUT2D eigenvalue weighted by Crippen LogP contribution is 2.27. The second-order valence-corrected chi connectivity index (χ2v) is 3.26. The average molecular weight is 180 g/mol. The van der Waals surface area contributed by atoms with Crippen LogP contribution < -0.4 is 10.5 Å². The molecular formula is C9H12N2O2. The van der Waals surface area contributed by atoms with Gasteiger partial charge in [-0.15, -0.1) is 0 Å². The predicted octanol–water partition coefficient (Wildman–Crippen LogP) is 0.274. The van der Waals surface area contributed by atoms with E-state index in [-0.39, 0.29) is 5.54 Å². The van der Waals surface area contributed by atoms with Crippen LogP contribution in [-0.2, 0) is 10.3 Å². The molecule has 13 heavy (non-hydrogen) atoms. The molecule has 0 saturated carbocycles. The molecule has 0 spiro atoms. The highest BCUT2D eigenvalue weighted by atomic mass is 16.5. The SMILES string of the molecule is COc1cncc(C2(N)COC2)c1. The monoisotopic (exact) mass is 180 g/mol. The van der Waals surface area contributed by atoms with Crippen molar-refractivity contribution in [2.24, 2.45) is 5.73 Å². The Morgan fingerprint density at radius 3 is 2.85 bits per heavy atom. The van der Waals surface area contributed by atoms with Gasteiger partial charge in [0.2, 0.25) is 0 Å². The number of nitrogens with zero attached hydrogens (tertiary/aromatic N) is 1. The molecule has 70 valence electrons. The van der Waals surface area contributed by atoms with Crippen LogP contribution in [0.2, 0.25) is 0 Å². The predicted molar refractivity (Wildman–Crippen MR) is 47.5 cm³/mol. The largest absolute Gasteiger partial charge is 0.495 e. The van der Waals surface area contributed by atoms with Gasteiger partial charge in [-0.25, -0.2) is 0 Å². The fraction of sp³-hybridized carbons (Fsp3) is 0.444. The van der Waals surface area contributed by atoms with Gasteiger partial charge in [0.15, 0.2) is 0 Å². The quantitative estimate of drug-likeness (QED) is 0.710. The van der Waals surface area contributed by atoms with Crippen molar-refractivity contribution < 1.29 is 9.47 Å². The lowest BCUT2D eigenvalue weighted by Crippen LogP contribution is -2.54. The second kappa shape index (κ2) is 2.97. The summed E-state index contributed by atoms with van der Waals surface area (Å²) in [6, 6.07) is 1.90. The minimum absolute atomic E-state index is 0.360. The summed E-state index contributed by atoms with van der Waals surface area (Å²) >= 11 is 0. The zero-order valence-electron chi connectivity index (χ0n) is 7.49. The van der Waals surface area contributed by atoms with E-state index in [1.165, 1.54) is 0 Å². The highest BCUT2D eigenvalue weighted by molar-refractivity contribution is 5.30. The molecule has 4 nitrogen and oxygen atoms in total. The van der Waals surface area contributed by atoms with Gasteiger partial charge >= 0.3 is 0 Å². The molecule has 2 rings (SSSR count). The van der Waals surface area contributed by atoms with Crippen molar-refractivity contribution in [3.05, 3.63) is 24.0 Å². The lowest BCUT2D eigenvalue weighted by atomic mass is 9.90. The first-order chi connectivity index (χ1) is 6.24. The molecule has 2 heterocycles. The van der Waals surface area contributed by atoms with E-state index < -0.39 is 0 Å². The van der Waals surface area contributed by atoms with Crippen molar-refractivity contribution >= 4 is 0 Å². The fourth-order valence-electron chi connectivity index (χ4n) is 1.29. The molecule has 1 aromatic heterocycles. The summed E-state index contributed by atoms with van der Waals surface area (Å²) in [5, 5.41) is 0. The number of hydrogen-bond acceptors (Lipinski definition) is 4. The van der Waals surface area contributed by atoms with E-state index >= 15 is 0 Å². The Morgan fingerprint density at radius 1 is 1.54 bits per heavy atom. The zero-order chi connectivity index (χ0) is 9.31. The average Bonchev–Trinajstić information content (AvgIpc) is 2.14. The van der Waals surface area contributed by atoms with Gasteiger partial charge in [-0.2, -0.15) is 0 Å². The van der Waals surface area contributed by atoms with E-state index in [1.54, 1.807) is 19.5 Å². The number of rotatable bonds is 2. The van der Waals surface area contributed by atoms with Crippen molar-refractivity contribution in [2.75, 3.05) is 20.3 Å². The number of methoxy groups -OCH3 is 1. The minimum atomic E-state index is -0.360. The van der Waals surface area contributed by atoms with Gasteiger partial charge in [0.25, 0.3) is 0 Å². The van der Waals surface area contributed by atoms with Gasteiger partial charge in [0, 0.05) is 6.20 Å². The van der Waals surface area contributed by atoms with Crippen LogP contribution in [0.1, 0.15) is 5.56 Å². The third kappa shape index (κ3) is 1.38. The molecule has 0 amide bonds. The summed E-state index contributed by atoms with van der Waals surface area (Å²) in [5.74, 6) is 0.731. The van der Waals surface area contributed by atoms with E-state index in [2.05, 4.69) is 4.98 Å². The first-order valence-electron chi connectivity index (χ1n) is 4.11. The Kier molecular flexibility index (Phi) is 1.94. The van der Waals surface area contributed by atoms with Crippen LogP contribution in [0.4, 0.5) is 0 Å². The Hall–Kier alpha value is -1.13. The van der Waals surface area contributed by atoms with E-state index in [0.29, 0.717) is 13.2 Å². The van der Waals surface area contributed by atoms with Crippen LogP contribution in [-0.4, -0.2) is 25.3 Å². The maximum atomic E-state index is 6.03. The van der Waals surface area contributed by atoms with Crippen LogP contribution in [0.25, 0.3) is 0 Å². The molecule has 0 aromatic carbocycles. The van der Waals surface area contributed by atoms with E-state index in [0.717, 1.165) is 11.3 Å². The minimum Gasteiger partial charge on any atom is -0.495 e. The van der Waals surface area contributed by atoms with Gasteiger partial charge < -0.3 is 15.2 Å². The molecule has 0 aliphatic carbocycles. The lowest BCUT2D eigenvalue weighted by Gasteiger charge is -2.37. The highest BCUT2D eigenvalue weighted by Gasteiger charge is 2.36.